The molecular formula is C22H16F6N4O5. The topological polar surface area (TPSA) is 89.5 Å². The Morgan fingerprint density at radius 3 is 2.00 bits per heavy atom. The second-order valence-corrected chi connectivity index (χ2v) is 7.68. The normalized spacial score (nSPS) is 12.1. The first-order chi connectivity index (χ1) is 17.2. The smallest absolute Gasteiger partial charge is 0.425 e. The van der Waals surface area contributed by atoms with Crippen LogP contribution in [0.2, 0.25) is 0 Å². The van der Waals surface area contributed by atoms with Gasteiger partial charge in [-0.1, -0.05) is 18.2 Å². The van der Waals surface area contributed by atoms with Crippen molar-refractivity contribution in [3.05, 3.63) is 74.9 Å². The molecule has 9 nitrogen and oxygen atoms in total. The van der Waals surface area contributed by atoms with E-state index in [1.54, 1.807) is 0 Å². The van der Waals surface area contributed by atoms with Gasteiger partial charge in [0.25, 0.3) is 5.56 Å². The summed E-state index contributed by atoms with van der Waals surface area (Å²) in [7, 11) is 2.55. The molecule has 196 valence electrons. The van der Waals surface area contributed by atoms with Crippen LogP contribution in [0.25, 0.3) is 11.2 Å². The van der Waals surface area contributed by atoms with Crippen LogP contribution in [0.1, 0.15) is 5.56 Å². The van der Waals surface area contributed by atoms with E-state index < -0.39 is 35.5 Å². The Morgan fingerprint density at radius 2 is 1.38 bits per heavy atom. The van der Waals surface area contributed by atoms with Crippen molar-refractivity contribution in [2.24, 2.45) is 14.1 Å². The minimum Gasteiger partial charge on any atom is -0.425 e. The fourth-order valence-corrected chi connectivity index (χ4v) is 3.51. The molecule has 4 aromatic rings. The largest absolute Gasteiger partial charge is 0.573 e. The van der Waals surface area contributed by atoms with Crippen molar-refractivity contribution in [3.8, 4) is 23.3 Å². The van der Waals surface area contributed by atoms with Crippen LogP contribution in [0.4, 0.5) is 26.3 Å². The van der Waals surface area contributed by atoms with Crippen LogP contribution < -0.4 is 25.5 Å². The monoisotopic (exact) mass is 530 g/mol. The van der Waals surface area contributed by atoms with E-state index in [-0.39, 0.29) is 35.0 Å². The van der Waals surface area contributed by atoms with E-state index in [0.29, 0.717) is 0 Å². The summed E-state index contributed by atoms with van der Waals surface area (Å²) in [5.41, 5.74) is -1.51. The van der Waals surface area contributed by atoms with E-state index in [4.69, 9.17) is 4.74 Å². The Kier molecular flexibility index (Phi) is 6.39. The standard InChI is InChI=1S/C22H16F6N4O5/c1-30-17-16(18(33)31(2)20(30)34)32(11-12-5-3-7-14(9-12)36-21(23,24)25)19(29-17)35-13-6-4-8-15(10-13)37-22(26,27)28/h3-10H,11H2,1-2H3. The summed E-state index contributed by atoms with van der Waals surface area (Å²) >= 11 is 0. The highest BCUT2D eigenvalue weighted by Crippen LogP contribution is 2.31. The first kappa shape index (κ1) is 25.7. The lowest BCUT2D eigenvalue weighted by atomic mass is 10.2. The van der Waals surface area contributed by atoms with Gasteiger partial charge in [-0.3, -0.25) is 18.5 Å². The summed E-state index contributed by atoms with van der Waals surface area (Å²) in [4.78, 5) is 29.5. The van der Waals surface area contributed by atoms with Gasteiger partial charge in [-0.15, -0.1) is 26.3 Å². The lowest BCUT2D eigenvalue weighted by Gasteiger charge is -2.13. The number of hydrogen-bond acceptors (Lipinski definition) is 6. The third kappa shape index (κ3) is 5.70. The Bertz CT molecular complexity index is 1590. The van der Waals surface area contributed by atoms with Crippen molar-refractivity contribution in [3.63, 3.8) is 0 Å². The number of ether oxygens (including phenoxy) is 3. The highest BCUT2D eigenvalue weighted by Gasteiger charge is 2.32. The second kappa shape index (κ2) is 9.22. The lowest BCUT2D eigenvalue weighted by molar-refractivity contribution is -0.275. The molecule has 0 aliphatic rings. The van der Waals surface area contributed by atoms with Crippen LogP contribution in [-0.2, 0) is 20.6 Å². The molecule has 0 aliphatic heterocycles. The molecule has 0 saturated carbocycles. The Balaban J connectivity index is 1.83. The summed E-state index contributed by atoms with van der Waals surface area (Å²) in [6.45, 7) is -0.271. The number of fused-ring (bicyclic) bond motifs is 1. The molecule has 0 N–H and O–H groups in total. The fourth-order valence-electron chi connectivity index (χ4n) is 3.51. The Morgan fingerprint density at radius 1 is 0.811 bits per heavy atom. The van der Waals surface area contributed by atoms with E-state index >= 15 is 0 Å². The van der Waals surface area contributed by atoms with E-state index in [1.807, 2.05) is 0 Å². The molecule has 0 bridgehead atoms. The van der Waals surface area contributed by atoms with Crippen molar-refractivity contribution >= 4 is 11.2 Å². The fraction of sp³-hybridized carbons (Fsp3) is 0.227. The van der Waals surface area contributed by atoms with Gasteiger partial charge in [-0.25, -0.2) is 4.79 Å². The number of halogens is 6. The molecule has 0 saturated heterocycles. The number of benzene rings is 2. The van der Waals surface area contributed by atoms with E-state index in [2.05, 4.69) is 14.5 Å². The zero-order chi connectivity index (χ0) is 27.1. The van der Waals surface area contributed by atoms with Gasteiger partial charge in [0.1, 0.15) is 17.2 Å². The molecule has 2 heterocycles. The number of hydrogen-bond donors (Lipinski definition) is 0. The van der Waals surface area contributed by atoms with E-state index in [0.717, 1.165) is 33.4 Å². The third-order valence-electron chi connectivity index (χ3n) is 5.03. The predicted octanol–water partition coefficient (Wildman–Crippen LogP) is 4.07. The molecule has 0 radical (unpaired) electrons. The molecule has 0 amide bonds. The van der Waals surface area contributed by atoms with Gasteiger partial charge in [0.15, 0.2) is 11.2 Å². The minimum absolute atomic E-state index is 0.117. The van der Waals surface area contributed by atoms with Crippen molar-refractivity contribution in [1.82, 2.24) is 18.7 Å². The predicted molar refractivity (Wildman–Crippen MR) is 116 cm³/mol. The van der Waals surface area contributed by atoms with Gasteiger partial charge >= 0.3 is 24.4 Å². The molecule has 4 rings (SSSR count). The van der Waals surface area contributed by atoms with E-state index in [1.165, 1.54) is 42.9 Å². The molecule has 0 atom stereocenters. The lowest BCUT2D eigenvalue weighted by Crippen LogP contribution is -2.37. The van der Waals surface area contributed by atoms with Gasteiger partial charge in [-0.05, 0) is 29.8 Å². The van der Waals surface area contributed by atoms with Crippen LogP contribution >= 0.6 is 0 Å². The second-order valence-electron chi connectivity index (χ2n) is 7.68. The van der Waals surface area contributed by atoms with Crippen LogP contribution in [-0.4, -0.2) is 31.4 Å². The molecule has 0 aliphatic carbocycles. The van der Waals surface area contributed by atoms with Crippen molar-refractivity contribution < 1.29 is 40.6 Å². The molecule has 0 spiro atoms. The van der Waals surface area contributed by atoms with E-state index in [9.17, 15) is 35.9 Å². The van der Waals surface area contributed by atoms with Crippen molar-refractivity contribution in [2.45, 2.75) is 19.3 Å². The van der Waals surface area contributed by atoms with Crippen LogP contribution in [0, 0.1) is 0 Å². The van der Waals surface area contributed by atoms with Crippen LogP contribution in [0.3, 0.4) is 0 Å². The maximum atomic E-state index is 13.0. The van der Waals surface area contributed by atoms with Crippen LogP contribution in [0.5, 0.6) is 23.3 Å². The number of aromatic nitrogens is 4. The first-order valence-corrected chi connectivity index (χ1v) is 10.3. The van der Waals surface area contributed by atoms with Crippen LogP contribution in [0.15, 0.2) is 58.1 Å². The highest BCUT2D eigenvalue weighted by atomic mass is 19.4. The van der Waals surface area contributed by atoms with Crippen molar-refractivity contribution in [2.75, 3.05) is 0 Å². The van der Waals surface area contributed by atoms with Crippen molar-refractivity contribution in [1.29, 1.82) is 0 Å². The number of rotatable bonds is 6. The maximum Gasteiger partial charge on any atom is 0.573 e. The number of imidazole rings is 1. The zero-order valence-electron chi connectivity index (χ0n) is 18.9. The van der Waals surface area contributed by atoms with Gasteiger partial charge < -0.3 is 14.2 Å². The highest BCUT2D eigenvalue weighted by molar-refractivity contribution is 5.72. The molecule has 2 aromatic heterocycles. The van der Waals surface area contributed by atoms with Gasteiger partial charge in [0.05, 0.1) is 6.54 Å². The Hall–Kier alpha value is -4.43. The average molecular weight is 530 g/mol. The number of nitrogens with zero attached hydrogens (tertiary/aromatic N) is 4. The molecule has 15 heteroatoms. The van der Waals surface area contributed by atoms with Gasteiger partial charge in [-0.2, -0.15) is 4.98 Å². The Labute approximate surface area is 202 Å². The molecule has 0 unspecified atom stereocenters. The van der Waals surface area contributed by atoms with Gasteiger partial charge in [0, 0.05) is 20.2 Å². The quantitative estimate of drug-likeness (QED) is 0.350. The molecular weight excluding hydrogens is 514 g/mol. The number of aryl methyl sites for hydroxylation is 1. The number of alkyl halides is 6. The summed E-state index contributed by atoms with van der Waals surface area (Å²) in [6, 6.07) is 9.05. The summed E-state index contributed by atoms with van der Waals surface area (Å²) < 4.78 is 92.3. The zero-order valence-corrected chi connectivity index (χ0v) is 18.9. The first-order valence-electron chi connectivity index (χ1n) is 10.3. The molecule has 37 heavy (non-hydrogen) atoms. The minimum atomic E-state index is -4.96. The summed E-state index contributed by atoms with van der Waals surface area (Å²) in [5, 5.41) is 0. The average Bonchev–Trinajstić information content (AvgIpc) is 3.12. The van der Waals surface area contributed by atoms with Gasteiger partial charge in [0.2, 0.25) is 0 Å². The maximum absolute atomic E-state index is 13.0. The summed E-state index contributed by atoms with van der Waals surface area (Å²) in [5.74, 6) is -1.27. The SMILES string of the molecule is Cn1c(=O)c2c(nc(Oc3cccc(OC(F)(F)F)c3)n2Cc2cccc(OC(F)(F)F)c2)n(C)c1=O. The molecule has 0 fully saturated rings. The summed E-state index contributed by atoms with van der Waals surface area (Å²) in [6.07, 6.45) is -9.90. The molecule has 2 aromatic carbocycles. The third-order valence-corrected chi connectivity index (χ3v) is 5.03.